The summed E-state index contributed by atoms with van der Waals surface area (Å²) >= 11 is 6.21. The Morgan fingerprint density at radius 1 is 1.29 bits per heavy atom. The Morgan fingerprint density at radius 3 is 2.53 bits per heavy atom. The molecule has 0 aliphatic heterocycles. The Morgan fingerprint density at radius 2 is 1.94 bits per heavy atom. The van der Waals surface area contributed by atoms with Crippen LogP contribution in [-0.2, 0) is 5.41 Å². The molecule has 1 N–H and O–H groups in total. The van der Waals surface area contributed by atoms with E-state index in [1.54, 1.807) is 6.20 Å². The molecule has 0 spiro atoms. The predicted molar refractivity (Wildman–Crippen MR) is 73.8 cm³/mol. The molecule has 0 unspecified atom stereocenters. The van der Waals surface area contributed by atoms with E-state index in [1.165, 1.54) is 25.7 Å². The minimum Gasteiger partial charge on any atom is -0.367 e. The second kappa shape index (κ2) is 4.85. The summed E-state index contributed by atoms with van der Waals surface area (Å²) in [5.41, 5.74) is 1.22. The zero-order valence-corrected chi connectivity index (χ0v) is 11.6. The van der Waals surface area contributed by atoms with Crippen molar-refractivity contribution in [3.8, 4) is 0 Å². The van der Waals surface area contributed by atoms with Crippen molar-refractivity contribution >= 4 is 17.4 Å². The van der Waals surface area contributed by atoms with Crippen LogP contribution in [0.2, 0.25) is 5.02 Å². The van der Waals surface area contributed by atoms with Gasteiger partial charge in [-0.25, -0.2) is 4.98 Å². The number of halogens is 1. The van der Waals surface area contributed by atoms with Gasteiger partial charge in [0.15, 0.2) is 0 Å². The van der Waals surface area contributed by atoms with Gasteiger partial charge in [0.25, 0.3) is 0 Å². The molecular weight excluding hydrogens is 232 g/mol. The average molecular weight is 253 g/mol. The van der Waals surface area contributed by atoms with Gasteiger partial charge in [0.05, 0.1) is 5.02 Å². The van der Waals surface area contributed by atoms with Crippen LogP contribution in [0.3, 0.4) is 0 Å². The summed E-state index contributed by atoms with van der Waals surface area (Å²) in [4.78, 5) is 4.37. The fraction of sp³-hybridized carbons (Fsp3) is 0.643. The molecule has 1 saturated carbocycles. The lowest BCUT2D eigenvalue weighted by Gasteiger charge is -2.22. The smallest absolute Gasteiger partial charge is 0.126 e. The van der Waals surface area contributed by atoms with E-state index in [-0.39, 0.29) is 5.41 Å². The van der Waals surface area contributed by atoms with Crippen LogP contribution in [0.4, 0.5) is 5.82 Å². The molecule has 94 valence electrons. The standard InChI is InChI=1S/C14H21ClN2/c1-14(2,3)11-8-13(16-9-12(11)15)17-10-6-4-5-7-10/h8-10H,4-7H2,1-3H3,(H,16,17). The molecule has 1 heterocycles. The maximum absolute atomic E-state index is 6.21. The van der Waals surface area contributed by atoms with Crippen LogP contribution in [0.15, 0.2) is 12.3 Å². The first-order valence-corrected chi connectivity index (χ1v) is 6.77. The number of nitrogens with one attached hydrogen (secondary N) is 1. The van der Waals surface area contributed by atoms with Crippen LogP contribution < -0.4 is 5.32 Å². The zero-order valence-electron chi connectivity index (χ0n) is 10.9. The van der Waals surface area contributed by atoms with E-state index in [9.17, 15) is 0 Å². The van der Waals surface area contributed by atoms with Gasteiger partial charge in [-0.2, -0.15) is 0 Å². The molecule has 2 nitrogen and oxygen atoms in total. The lowest BCUT2D eigenvalue weighted by Crippen LogP contribution is -2.17. The van der Waals surface area contributed by atoms with Crippen LogP contribution in [0.1, 0.15) is 52.0 Å². The zero-order chi connectivity index (χ0) is 12.5. The lowest BCUT2D eigenvalue weighted by atomic mass is 9.87. The quantitative estimate of drug-likeness (QED) is 0.845. The van der Waals surface area contributed by atoms with Crippen molar-refractivity contribution in [1.29, 1.82) is 0 Å². The Kier molecular flexibility index (Phi) is 3.62. The van der Waals surface area contributed by atoms with Crippen LogP contribution >= 0.6 is 11.6 Å². The summed E-state index contributed by atoms with van der Waals surface area (Å²) < 4.78 is 0. The van der Waals surface area contributed by atoms with Crippen molar-refractivity contribution in [3.63, 3.8) is 0 Å². The van der Waals surface area contributed by atoms with E-state index < -0.39 is 0 Å². The highest BCUT2D eigenvalue weighted by molar-refractivity contribution is 6.31. The molecule has 0 saturated heterocycles. The molecule has 0 amide bonds. The van der Waals surface area contributed by atoms with Crippen LogP contribution in [0, 0.1) is 0 Å². The Balaban J connectivity index is 2.18. The van der Waals surface area contributed by atoms with Crippen molar-refractivity contribution in [3.05, 3.63) is 22.8 Å². The Labute approximate surface area is 109 Å². The van der Waals surface area contributed by atoms with Crippen molar-refractivity contribution in [2.75, 3.05) is 5.32 Å². The van der Waals surface area contributed by atoms with Crippen molar-refractivity contribution < 1.29 is 0 Å². The van der Waals surface area contributed by atoms with Crippen LogP contribution in [0.25, 0.3) is 0 Å². The first-order chi connectivity index (χ1) is 7.97. The maximum atomic E-state index is 6.21. The van der Waals surface area contributed by atoms with E-state index in [2.05, 4.69) is 37.1 Å². The minimum absolute atomic E-state index is 0.0616. The summed E-state index contributed by atoms with van der Waals surface area (Å²) in [5, 5.41) is 4.27. The predicted octanol–water partition coefficient (Wildman–Crippen LogP) is 4.39. The first-order valence-electron chi connectivity index (χ1n) is 6.39. The molecule has 17 heavy (non-hydrogen) atoms. The second-order valence-corrected chi connectivity index (χ2v) is 6.33. The van der Waals surface area contributed by atoms with Crippen LogP contribution in [-0.4, -0.2) is 11.0 Å². The summed E-state index contributed by atoms with van der Waals surface area (Å²) in [6.45, 7) is 6.52. The van der Waals surface area contributed by atoms with Gasteiger partial charge >= 0.3 is 0 Å². The lowest BCUT2D eigenvalue weighted by molar-refractivity contribution is 0.589. The van der Waals surface area contributed by atoms with Crippen molar-refractivity contribution in [1.82, 2.24) is 4.98 Å². The average Bonchev–Trinajstić information content (AvgIpc) is 2.72. The number of hydrogen-bond donors (Lipinski definition) is 1. The molecule has 1 aromatic rings. The first kappa shape index (κ1) is 12.7. The highest BCUT2D eigenvalue weighted by Crippen LogP contribution is 2.31. The van der Waals surface area contributed by atoms with E-state index >= 15 is 0 Å². The van der Waals surface area contributed by atoms with Gasteiger partial charge in [-0.15, -0.1) is 0 Å². The largest absolute Gasteiger partial charge is 0.367 e. The van der Waals surface area contributed by atoms with Gasteiger partial charge in [0, 0.05) is 12.2 Å². The number of aromatic nitrogens is 1. The molecule has 0 atom stereocenters. The number of hydrogen-bond acceptors (Lipinski definition) is 2. The number of rotatable bonds is 2. The third kappa shape index (κ3) is 3.12. The molecule has 0 aromatic carbocycles. The highest BCUT2D eigenvalue weighted by atomic mass is 35.5. The SMILES string of the molecule is CC(C)(C)c1cc(NC2CCCC2)ncc1Cl. The van der Waals surface area contributed by atoms with Crippen molar-refractivity contribution in [2.24, 2.45) is 0 Å². The second-order valence-electron chi connectivity index (χ2n) is 5.93. The third-order valence-electron chi connectivity index (χ3n) is 3.37. The third-order valence-corrected chi connectivity index (χ3v) is 3.67. The van der Waals surface area contributed by atoms with Gasteiger partial charge < -0.3 is 5.32 Å². The fourth-order valence-electron chi connectivity index (χ4n) is 2.37. The topological polar surface area (TPSA) is 24.9 Å². The van der Waals surface area contributed by atoms with Gasteiger partial charge in [0.1, 0.15) is 5.82 Å². The molecule has 1 aromatic heterocycles. The molecule has 0 bridgehead atoms. The van der Waals surface area contributed by atoms with Gasteiger partial charge in [-0.1, -0.05) is 45.2 Å². The van der Waals surface area contributed by atoms with E-state index in [4.69, 9.17) is 11.6 Å². The van der Waals surface area contributed by atoms with Crippen LogP contribution in [0.5, 0.6) is 0 Å². The summed E-state index contributed by atoms with van der Waals surface area (Å²) in [7, 11) is 0. The number of nitrogens with zero attached hydrogens (tertiary/aromatic N) is 1. The molecule has 1 aliphatic carbocycles. The van der Waals surface area contributed by atoms with Gasteiger partial charge in [-0.05, 0) is 29.9 Å². The van der Waals surface area contributed by atoms with Crippen molar-refractivity contribution in [2.45, 2.75) is 57.9 Å². The summed E-state index contributed by atoms with van der Waals surface area (Å²) in [6, 6.07) is 2.69. The fourth-order valence-corrected chi connectivity index (χ4v) is 2.76. The molecule has 1 aliphatic rings. The highest BCUT2D eigenvalue weighted by Gasteiger charge is 2.20. The van der Waals surface area contributed by atoms with Gasteiger partial charge in [0.2, 0.25) is 0 Å². The molecular formula is C14H21ClN2. The van der Waals surface area contributed by atoms with E-state index in [1.807, 2.05) is 0 Å². The maximum Gasteiger partial charge on any atom is 0.126 e. The normalized spacial score (nSPS) is 17.4. The Bertz CT molecular complexity index is 390. The number of anilines is 1. The van der Waals surface area contributed by atoms with Gasteiger partial charge in [-0.3, -0.25) is 0 Å². The van der Waals surface area contributed by atoms with E-state index in [0.717, 1.165) is 16.4 Å². The molecule has 1 fully saturated rings. The minimum atomic E-state index is 0.0616. The molecule has 2 rings (SSSR count). The summed E-state index contributed by atoms with van der Waals surface area (Å²) in [6.07, 6.45) is 6.94. The Hall–Kier alpha value is -0.760. The monoisotopic (exact) mass is 252 g/mol. The van der Waals surface area contributed by atoms with E-state index in [0.29, 0.717) is 6.04 Å². The molecule has 3 heteroatoms. The number of pyridine rings is 1. The summed E-state index contributed by atoms with van der Waals surface area (Å²) in [5.74, 6) is 0.964. The molecule has 0 radical (unpaired) electrons.